The Hall–Kier alpha value is -0.570. The van der Waals surface area contributed by atoms with E-state index in [-0.39, 0.29) is 18.6 Å². The summed E-state index contributed by atoms with van der Waals surface area (Å²) in [5, 5.41) is 9.44. The third-order valence-corrected chi connectivity index (χ3v) is 5.41. The maximum absolute atomic E-state index is 12.6. The second kappa shape index (κ2) is 4.27. The van der Waals surface area contributed by atoms with E-state index in [1.807, 2.05) is 4.90 Å². The van der Waals surface area contributed by atoms with Gasteiger partial charge in [-0.1, -0.05) is 13.3 Å². The minimum absolute atomic E-state index is 0.0848. The first-order valence-electron chi connectivity index (χ1n) is 7.12. The quantitative estimate of drug-likeness (QED) is 0.793. The van der Waals surface area contributed by atoms with Gasteiger partial charge in [-0.3, -0.25) is 4.79 Å². The monoisotopic (exact) mass is 237 g/mol. The molecule has 3 aliphatic rings. The van der Waals surface area contributed by atoms with E-state index in [1.54, 1.807) is 0 Å². The molecule has 1 heterocycles. The van der Waals surface area contributed by atoms with Gasteiger partial charge in [0.15, 0.2) is 0 Å². The molecule has 3 fully saturated rings. The van der Waals surface area contributed by atoms with E-state index in [4.69, 9.17) is 0 Å². The molecule has 3 heteroatoms. The summed E-state index contributed by atoms with van der Waals surface area (Å²) in [6.07, 6.45) is 6.05. The van der Waals surface area contributed by atoms with Gasteiger partial charge >= 0.3 is 0 Å². The van der Waals surface area contributed by atoms with Crippen LogP contribution in [0.15, 0.2) is 0 Å². The number of hydrogen-bond donors (Lipinski definition) is 1. The molecule has 2 bridgehead atoms. The highest BCUT2D eigenvalue weighted by atomic mass is 16.3. The van der Waals surface area contributed by atoms with Crippen LogP contribution < -0.4 is 0 Å². The fourth-order valence-corrected chi connectivity index (χ4v) is 4.32. The van der Waals surface area contributed by atoms with E-state index in [1.165, 1.54) is 19.3 Å². The summed E-state index contributed by atoms with van der Waals surface area (Å²) in [4.78, 5) is 14.5. The summed E-state index contributed by atoms with van der Waals surface area (Å²) in [6, 6.07) is 0.0848. The predicted molar refractivity (Wildman–Crippen MR) is 65.3 cm³/mol. The molecule has 3 nitrogen and oxygen atoms in total. The molecule has 0 aromatic carbocycles. The number of likely N-dealkylation sites (tertiary alicyclic amines) is 1. The van der Waals surface area contributed by atoms with Gasteiger partial charge in [-0.25, -0.2) is 0 Å². The zero-order valence-corrected chi connectivity index (χ0v) is 10.6. The van der Waals surface area contributed by atoms with Crippen LogP contribution in [0.1, 0.15) is 39.0 Å². The number of carbonyl (C=O) groups excluding carboxylic acids is 1. The number of hydrogen-bond acceptors (Lipinski definition) is 2. The first kappa shape index (κ1) is 11.5. The Kier molecular flexibility index (Phi) is 2.89. The van der Waals surface area contributed by atoms with Crippen LogP contribution in [0.3, 0.4) is 0 Å². The lowest BCUT2D eigenvalue weighted by Gasteiger charge is -2.31. The van der Waals surface area contributed by atoms with Crippen molar-refractivity contribution < 1.29 is 9.90 Å². The highest BCUT2D eigenvalue weighted by molar-refractivity contribution is 5.80. The molecular weight excluding hydrogens is 214 g/mol. The third kappa shape index (κ3) is 1.79. The van der Waals surface area contributed by atoms with Crippen LogP contribution in [-0.4, -0.2) is 35.1 Å². The lowest BCUT2D eigenvalue weighted by molar-refractivity contribution is -0.139. The van der Waals surface area contributed by atoms with Crippen molar-refractivity contribution in [1.82, 2.24) is 4.90 Å². The number of fused-ring (bicyclic) bond motifs is 2. The van der Waals surface area contributed by atoms with Gasteiger partial charge in [-0.15, -0.1) is 0 Å². The van der Waals surface area contributed by atoms with Gasteiger partial charge in [0.25, 0.3) is 0 Å². The Balaban J connectivity index is 1.70. The lowest BCUT2D eigenvalue weighted by Crippen LogP contribution is -2.44. The Morgan fingerprint density at radius 3 is 2.71 bits per heavy atom. The zero-order valence-electron chi connectivity index (χ0n) is 10.6. The standard InChI is InChI=1S/C14H23NO2/c1-9-4-5-15(13(9)8-16)14(17)12-7-10-2-3-11(12)6-10/h9-13,16H,2-8H2,1H3. The molecule has 3 rings (SSSR count). The van der Waals surface area contributed by atoms with Crippen molar-refractivity contribution >= 4 is 5.91 Å². The summed E-state index contributed by atoms with van der Waals surface area (Å²) < 4.78 is 0. The molecule has 5 unspecified atom stereocenters. The lowest BCUT2D eigenvalue weighted by atomic mass is 9.87. The molecule has 2 aliphatic carbocycles. The van der Waals surface area contributed by atoms with Crippen molar-refractivity contribution in [2.24, 2.45) is 23.7 Å². The number of rotatable bonds is 2. The predicted octanol–water partition coefficient (Wildman–Crippen LogP) is 1.65. The van der Waals surface area contributed by atoms with Crippen LogP contribution in [0.2, 0.25) is 0 Å². The van der Waals surface area contributed by atoms with Crippen LogP contribution in [0, 0.1) is 23.7 Å². The molecule has 0 aromatic rings. The van der Waals surface area contributed by atoms with Crippen LogP contribution in [0.25, 0.3) is 0 Å². The van der Waals surface area contributed by atoms with Crippen molar-refractivity contribution in [3.05, 3.63) is 0 Å². The van der Waals surface area contributed by atoms with Crippen LogP contribution in [-0.2, 0) is 4.79 Å². The molecule has 2 saturated carbocycles. The number of amides is 1. The molecule has 1 N–H and O–H groups in total. The molecule has 96 valence electrons. The summed E-state index contributed by atoms with van der Waals surface area (Å²) in [7, 11) is 0. The average molecular weight is 237 g/mol. The van der Waals surface area contributed by atoms with Gasteiger partial charge in [0.1, 0.15) is 0 Å². The van der Waals surface area contributed by atoms with E-state index in [0.29, 0.717) is 17.7 Å². The van der Waals surface area contributed by atoms with Crippen molar-refractivity contribution in [3.8, 4) is 0 Å². The van der Waals surface area contributed by atoms with E-state index >= 15 is 0 Å². The Bertz CT molecular complexity index is 317. The van der Waals surface area contributed by atoms with Gasteiger partial charge in [-0.05, 0) is 43.4 Å². The van der Waals surface area contributed by atoms with Crippen LogP contribution in [0.4, 0.5) is 0 Å². The molecule has 17 heavy (non-hydrogen) atoms. The summed E-state index contributed by atoms with van der Waals surface area (Å²) in [6.45, 7) is 3.14. The fourth-order valence-electron chi connectivity index (χ4n) is 4.32. The van der Waals surface area contributed by atoms with Gasteiger partial charge in [0.2, 0.25) is 5.91 Å². The highest BCUT2D eigenvalue weighted by Gasteiger charge is 2.46. The SMILES string of the molecule is CC1CCN(C(=O)C2CC3CCC2C3)C1CO. The topological polar surface area (TPSA) is 40.5 Å². The van der Waals surface area contributed by atoms with Gasteiger partial charge in [0.05, 0.1) is 12.6 Å². The zero-order chi connectivity index (χ0) is 12.0. The number of carbonyl (C=O) groups is 1. The van der Waals surface area contributed by atoms with Crippen LogP contribution in [0.5, 0.6) is 0 Å². The molecule has 0 spiro atoms. The molecule has 1 amide bonds. The second-order valence-electron chi connectivity index (χ2n) is 6.33. The molecule has 1 saturated heterocycles. The summed E-state index contributed by atoms with van der Waals surface area (Å²) in [5.74, 6) is 2.57. The first-order chi connectivity index (χ1) is 8.20. The Labute approximate surface area is 103 Å². The fraction of sp³-hybridized carbons (Fsp3) is 0.929. The highest BCUT2D eigenvalue weighted by Crippen LogP contribution is 2.49. The minimum Gasteiger partial charge on any atom is -0.394 e. The van der Waals surface area contributed by atoms with Crippen molar-refractivity contribution in [3.63, 3.8) is 0 Å². The van der Waals surface area contributed by atoms with E-state index in [2.05, 4.69) is 6.92 Å². The molecule has 5 atom stereocenters. The molecule has 1 aliphatic heterocycles. The normalized spacial score (nSPS) is 44.6. The maximum atomic E-state index is 12.6. The van der Waals surface area contributed by atoms with Gasteiger partial charge < -0.3 is 10.0 Å². The second-order valence-corrected chi connectivity index (χ2v) is 6.33. The van der Waals surface area contributed by atoms with Crippen molar-refractivity contribution in [1.29, 1.82) is 0 Å². The summed E-state index contributed by atoms with van der Waals surface area (Å²) >= 11 is 0. The smallest absolute Gasteiger partial charge is 0.226 e. The largest absolute Gasteiger partial charge is 0.394 e. The number of aliphatic hydroxyl groups excluding tert-OH is 1. The summed E-state index contributed by atoms with van der Waals surface area (Å²) in [5.41, 5.74) is 0. The average Bonchev–Trinajstić information content (AvgIpc) is 3.01. The first-order valence-corrected chi connectivity index (χ1v) is 7.12. The Morgan fingerprint density at radius 1 is 1.29 bits per heavy atom. The van der Waals surface area contributed by atoms with E-state index < -0.39 is 0 Å². The Morgan fingerprint density at radius 2 is 2.12 bits per heavy atom. The van der Waals surface area contributed by atoms with E-state index in [0.717, 1.165) is 25.3 Å². The van der Waals surface area contributed by atoms with Gasteiger partial charge in [0, 0.05) is 12.5 Å². The van der Waals surface area contributed by atoms with E-state index in [9.17, 15) is 9.90 Å². The number of nitrogens with zero attached hydrogens (tertiary/aromatic N) is 1. The van der Waals surface area contributed by atoms with Crippen LogP contribution >= 0.6 is 0 Å². The number of aliphatic hydroxyl groups is 1. The van der Waals surface area contributed by atoms with Gasteiger partial charge in [-0.2, -0.15) is 0 Å². The van der Waals surface area contributed by atoms with Crippen molar-refractivity contribution in [2.75, 3.05) is 13.2 Å². The third-order valence-electron chi connectivity index (χ3n) is 5.41. The molecular formula is C14H23NO2. The molecule has 0 aromatic heterocycles. The molecule has 0 radical (unpaired) electrons. The minimum atomic E-state index is 0.0848. The van der Waals surface area contributed by atoms with Crippen molar-refractivity contribution in [2.45, 2.75) is 45.1 Å². The maximum Gasteiger partial charge on any atom is 0.226 e.